The van der Waals surface area contributed by atoms with Gasteiger partial charge in [0.1, 0.15) is 5.82 Å². The molecule has 1 saturated heterocycles. The van der Waals surface area contributed by atoms with E-state index in [2.05, 4.69) is 37.9 Å². The van der Waals surface area contributed by atoms with Crippen molar-refractivity contribution in [3.05, 3.63) is 30.1 Å². The van der Waals surface area contributed by atoms with Crippen LogP contribution in [0.4, 0.5) is 0 Å². The number of hydrogen-bond donors (Lipinski definition) is 0. The van der Waals surface area contributed by atoms with Crippen LogP contribution in [0.1, 0.15) is 45.9 Å². The smallest absolute Gasteiger partial charge is 0.233 e. The van der Waals surface area contributed by atoms with Crippen LogP contribution in [0.15, 0.2) is 29.4 Å². The first kappa shape index (κ1) is 19.2. The molecular formula is C21H27N5OS. The van der Waals surface area contributed by atoms with Crippen molar-refractivity contribution in [2.24, 2.45) is 11.8 Å². The zero-order chi connectivity index (χ0) is 19.8. The summed E-state index contributed by atoms with van der Waals surface area (Å²) >= 11 is 1.46. The maximum absolute atomic E-state index is 12.8. The molecule has 4 rings (SSSR count). The first-order valence-electron chi connectivity index (χ1n) is 9.98. The summed E-state index contributed by atoms with van der Waals surface area (Å²) in [5, 5.41) is 10.6. The van der Waals surface area contributed by atoms with Gasteiger partial charge in [0, 0.05) is 24.4 Å². The van der Waals surface area contributed by atoms with E-state index in [1.165, 1.54) is 18.2 Å². The number of para-hydroxylation sites is 1. The third-order valence-corrected chi connectivity index (χ3v) is 6.22. The van der Waals surface area contributed by atoms with Gasteiger partial charge in [0.15, 0.2) is 10.8 Å². The predicted octanol–water partition coefficient (Wildman–Crippen LogP) is 4.00. The van der Waals surface area contributed by atoms with Crippen LogP contribution in [0, 0.1) is 11.8 Å². The molecule has 0 saturated carbocycles. The topological polar surface area (TPSA) is 63.4 Å². The van der Waals surface area contributed by atoms with Gasteiger partial charge in [-0.1, -0.05) is 51.6 Å². The second kappa shape index (κ2) is 7.70. The van der Waals surface area contributed by atoms with Gasteiger partial charge in [-0.05, 0) is 30.4 Å². The number of carbonyl (C=O) groups is 1. The van der Waals surface area contributed by atoms with E-state index in [9.17, 15) is 4.79 Å². The van der Waals surface area contributed by atoms with Crippen molar-refractivity contribution in [2.75, 3.05) is 18.8 Å². The number of hydrogen-bond acceptors (Lipinski definition) is 5. The molecule has 7 heteroatoms. The van der Waals surface area contributed by atoms with Crippen LogP contribution in [0.3, 0.4) is 0 Å². The molecule has 0 radical (unpaired) electrons. The van der Waals surface area contributed by atoms with Crippen LogP contribution < -0.4 is 0 Å². The van der Waals surface area contributed by atoms with E-state index in [0.29, 0.717) is 17.6 Å². The Bertz CT molecular complexity index is 1000. The standard InChI is InChI=1S/C21H27N5OS/c1-13(2)19-22-17-8-6-5-7-16(17)20-23-24-21(26(19)20)28-12-18(27)25-10-14(3)9-15(4)11-25/h5-8,13-15H,9-12H2,1-4H3/t14-,15-/m1/s1. The van der Waals surface area contributed by atoms with Gasteiger partial charge >= 0.3 is 0 Å². The minimum Gasteiger partial charge on any atom is -0.341 e. The van der Waals surface area contributed by atoms with Crippen LogP contribution >= 0.6 is 11.8 Å². The summed E-state index contributed by atoms with van der Waals surface area (Å²) in [6.45, 7) is 10.4. The van der Waals surface area contributed by atoms with Crippen molar-refractivity contribution >= 4 is 34.2 Å². The Morgan fingerprint density at radius 1 is 1.18 bits per heavy atom. The molecule has 0 spiro atoms. The lowest BCUT2D eigenvalue weighted by Gasteiger charge is -2.34. The monoisotopic (exact) mass is 397 g/mol. The molecule has 148 valence electrons. The summed E-state index contributed by atoms with van der Waals surface area (Å²) < 4.78 is 2.02. The molecule has 0 N–H and O–H groups in total. The van der Waals surface area contributed by atoms with Crippen LogP contribution in [-0.2, 0) is 4.79 Å². The van der Waals surface area contributed by atoms with Gasteiger partial charge in [0.25, 0.3) is 0 Å². The van der Waals surface area contributed by atoms with E-state index < -0.39 is 0 Å². The van der Waals surface area contributed by atoms with E-state index in [1.807, 2.05) is 33.6 Å². The van der Waals surface area contributed by atoms with E-state index in [4.69, 9.17) is 4.98 Å². The quantitative estimate of drug-likeness (QED) is 0.623. The summed E-state index contributed by atoms with van der Waals surface area (Å²) in [6, 6.07) is 8.00. The molecule has 2 aromatic heterocycles. The van der Waals surface area contributed by atoms with Crippen molar-refractivity contribution in [3.8, 4) is 0 Å². The van der Waals surface area contributed by atoms with E-state index in [-0.39, 0.29) is 11.8 Å². The van der Waals surface area contributed by atoms with Gasteiger partial charge in [0.2, 0.25) is 5.91 Å². The lowest BCUT2D eigenvalue weighted by atomic mass is 9.92. The number of nitrogens with zero attached hydrogens (tertiary/aromatic N) is 5. The number of aromatic nitrogens is 4. The number of amides is 1. The molecule has 2 atom stereocenters. The maximum atomic E-state index is 12.8. The lowest BCUT2D eigenvalue weighted by molar-refractivity contribution is -0.130. The average molecular weight is 398 g/mol. The zero-order valence-corrected chi connectivity index (χ0v) is 17.7. The lowest BCUT2D eigenvalue weighted by Crippen LogP contribution is -2.43. The minimum absolute atomic E-state index is 0.181. The fourth-order valence-corrected chi connectivity index (χ4v) is 4.99. The number of carbonyl (C=O) groups excluding carboxylic acids is 1. The van der Waals surface area contributed by atoms with Crippen LogP contribution in [-0.4, -0.2) is 49.2 Å². The molecule has 1 aliphatic heterocycles. The largest absolute Gasteiger partial charge is 0.341 e. The fourth-order valence-electron chi connectivity index (χ4n) is 4.15. The number of fused-ring (bicyclic) bond motifs is 3. The van der Waals surface area contributed by atoms with Gasteiger partial charge < -0.3 is 4.90 Å². The van der Waals surface area contributed by atoms with Crippen LogP contribution in [0.25, 0.3) is 16.6 Å². The van der Waals surface area contributed by atoms with Gasteiger partial charge in [-0.2, -0.15) is 0 Å². The number of likely N-dealkylation sites (tertiary alicyclic amines) is 1. The van der Waals surface area contributed by atoms with Crippen molar-refractivity contribution in [3.63, 3.8) is 0 Å². The normalized spacial score (nSPS) is 20.4. The molecule has 1 amide bonds. The van der Waals surface area contributed by atoms with Crippen molar-refractivity contribution in [1.29, 1.82) is 0 Å². The summed E-state index contributed by atoms with van der Waals surface area (Å²) in [5.41, 5.74) is 1.74. The third-order valence-electron chi connectivity index (χ3n) is 5.31. The Kier molecular flexibility index (Phi) is 5.27. The molecule has 28 heavy (non-hydrogen) atoms. The molecule has 3 heterocycles. The summed E-state index contributed by atoms with van der Waals surface area (Å²) in [6.07, 6.45) is 1.20. The Hall–Kier alpha value is -2.15. The van der Waals surface area contributed by atoms with E-state index in [1.54, 1.807) is 0 Å². The molecule has 0 bridgehead atoms. The van der Waals surface area contributed by atoms with Gasteiger partial charge in [0.05, 0.1) is 11.3 Å². The summed E-state index contributed by atoms with van der Waals surface area (Å²) in [5.74, 6) is 2.84. The highest BCUT2D eigenvalue weighted by atomic mass is 32.2. The highest BCUT2D eigenvalue weighted by Crippen LogP contribution is 2.28. The van der Waals surface area contributed by atoms with E-state index >= 15 is 0 Å². The summed E-state index contributed by atoms with van der Waals surface area (Å²) in [7, 11) is 0. The zero-order valence-electron chi connectivity index (χ0n) is 16.9. The van der Waals surface area contributed by atoms with Crippen molar-refractivity contribution in [1.82, 2.24) is 24.5 Å². The second-order valence-corrected chi connectivity index (χ2v) is 9.26. The molecule has 1 fully saturated rings. The van der Waals surface area contributed by atoms with Gasteiger partial charge in [-0.3, -0.25) is 9.20 Å². The predicted molar refractivity (Wildman–Crippen MR) is 113 cm³/mol. The minimum atomic E-state index is 0.181. The Morgan fingerprint density at radius 2 is 1.89 bits per heavy atom. The molecule has 3 aromatic rings. The van der Waals surface area contributed by atoms with Crippen molar-refractivity contribution < 1.29 is 4.79 Å². The van der Waals surface area contributed by atoms with Gasteiger partial charge in [-0.15, -0.1) is 10.2 Å². The maximum Gasteiger partial charge on any atom is 0.233 e. The number of thioether (sulfide) groups is 1. The first-order valence-corrected chi connectivity index (χ1v) is 11.0. The van der Waals surface area contributed by atoms with Gasteiger partial charge in [-0.25, -0.2) is 4.98 Å². The number of rotatable bonds is 4. The Morgan fingerprint density at radius 3 is 2.61 bits per heavy atom. The molecule has 0 aliphatic carbocycles. The molecule has 0 unspecified atom stereocenters. The third kappa shape index (κ3) is 3.60. The van der Waals surface area contributed by atoms with Crippen LogP contribution in [0.5, 0.6) is 0 Å². The molecule has 6 nitrogen and oxygen atoms in total. The highest BCUT2D eigenvalue weighted by molar-refractivity contribution is 7.99. The summed E-state index contributed by atoms with van der Waals surface area (Å²) in [4.78, 5) is 19.6. The molecular weight excluding hydrogens is 370 g/mol. The average Bonchev–Trinajstić information content (AvgIpc) is 3.08. The highest BCUT2D eigenvalue weighted by Gasteiger charge is 2.26. The number of piperidine rings is 1. The fraction of sp³-hybridized carbons (Fsp3) is 0.524. The first-order chi connectivity index (χ1) is 13.4. The van der Waals surface area contributed by atoms with Crippen LogP contribution in [0.2, 0.25) is 0 Å². The molecule has 1 aromatic carbocycles. The molecule has 1 aliphatic rings. The Balaban J connectivity index is 1.62. The Labute approximate surface area is 169 Å². The van der Waals surface area contributed by atoms with Crippen molar-refractivity contribution in [2.45, 2.75) is 45.2 Å². The second-order valence-electron chi connectivity index (χ2n) is 8.32. The number of benzene rings is 1. The SMILES string of the molecule is CC(C)c1nc2ccccc2c2nnc(SCC(=O)N3C[C@H](C)C[C@@H](C)C3)n12. The van der Waals surface area contributed by atoms with E-state index in [0.717, 1.165) is 40.6 Å².